The molecule has 0 radical (unpaired) electrons. The third-order valence-corrected chi connectivity index (χ3v) is 7.09. The zero-order valence-electron chi connectivity index (χ0n) is 21.9. The summed E-state index contributed by atoms with van der Waals surface area (Å²) in [7, 11) is 0. The summed E-state index contributed by atoms with van der Waals surface area (Å²) < 4.78 is 0. The van der Waals surface area contributed by atoms with E-state index >= 15 is 0 Å². The molecule has 2 N–H and O–H groups in total. The van der Waals surface area contributed by atoms with E-state index in [0.717, 1.165) is 0 Å². The standard InChI is InChI=1S/C30H56N2/c1-3-5-7-9-11-13-15-17-19-21-23-28(29-25-26-32-30(31)27-29)24-22-20-18-16-14-12-10-8-6-4-2/h25-28H,3-24H2,1-2H3,(H2,31,32). The maximum atomic E-state index is 5.99. The van der Waals surface area contributed by atoms with Crippen molar-refractivity contribution in [2.75, 3.05) is 5.73 Å². The van der Waals surface area contributed by atoms with Crippen molar-refractivity contribution in [1.29, 1.82) is 0 Å². The number of hydrogen-bond donors (Lipinski definition) is 1. The lowest BCUT2D eigenvalue weighted by atomic mass is 9.88. The molecule has 0 aliphatic rings. The topological polar surface area (TPSA) is 38.9 Å². The summed E-state index contributed by atoms with van der Waals surface area (Å²) in [6.07, 6.45) is 32.8. The van der Waals surface area contributed by atoms with Crippen molar-refractivity contribution < 1.29 is 0 Å². The maximum Gasteiger partial charge on any atom is 0.123 e. The van der Waals surface area contributed by atoms with Gasteiger partial charge in [0.05, 0.1) is 0 Å². The van der Waals surface area contributed by atoms with Crippen molar-refractivity contribution in [3.8, 4) is 0 Å². The van der Waals surface area contributed by atoms with Gasteiger partial charge in [-0.3, -0.25) is 0 Å². The molecule has 0 amide bonds. The quantitative estimate of drug-likeness (QED) is 0.170. The van der Waals surface area contributed by atoms with E-state index in [2.05, 4.69) is 31.0 Å². The molecule has 0 bridgehead atoms. The van der Waals surface area contributed by atoms with Crippen molar-refractivity contribution in [3.63, 3.8) is 0 Å². The molecular weight excluding hydrogens is 388 g/mol. The molecule has 1 aromatic heterocycles. The summed E-state index contributed by atoms with van der Waals surface area (Å²) in [5, 5.41) is 0. The zero-order chi connectivity index (χ0) is 23.1. The summed E-state index contributed by atoms with van der Waals surface area (Å²) in [5.74, 6) is 1.35. The summed E-state index contributed by atoms with van der Waals surface area (Å²) in [5.41, 5.74) is 7.41. The number of nitrogens with two attached hydrogens (primary N) is 1. The number of nitrogen functional groups attached to an aromatic ring is 1. The van der Waals surface area contributed by atoms with Gasteiger partial charge >= 0.3 is 0 Å². The van der Waals surface area contributed by atoms with Gasteiger partial charge in [0.2, 0.25) is 0 Å². The highest BCUT2D eigenvalue weighted by molar-refractivity contribution is 5.33. The minimum Gasteiger partial charge on any atom is -0.384 e. The van der Waals surface area contributed by atoms with Gasteiger partial charge in [-0.1, -0.05) is 142 Å². The average Bonchev–Trinajstić information content (AvgIpc) is 2.80. The summed E-state index contributed by atoms with van der Waals surface area (Å²) >= 11 is 0. The largest absolute Gasteiger partial charge is 0.384 e. The predicted octanol–water partition coefficient (Wildman–Crippen LogP) is 10.4. The molecule has 2 nitrogen and oxygen atoms in total. The average molecular weight is 445 g/mol. The third-order valence-electron chi connectivity index (χ3n) is 7.09. The van der Waals surface area contributed by atoms with Gasteiger partial charge in [-0.2, -0.15) is 0 Å². The molecule has 0 spiro atoms. The van der Waals surface area contributed by atoms with Crippen LogP contribution in [0.15, 0.2) is 18.3 Å². The number of hydrogen-bond acceptors (Lipinski definition) is 2. The molecule has 1 aromatic rings. The lowest BCUT2D eigenvalue weighted by Gasteiger charge is -2.18. The van der Waals surface area contributed by atoms with E-state index < -0.39 is 0 Å². The van der Waals surface area contributed by atoms with Crippen molar-refractivity contribution >= 4 is 5.82 Å². The predicted molar refractivity (Wildman–Crippen MR) is 144 cm³/mol. The minimum absolute atomic E-state index is 0.670. The third kappa shape index (κ3) is 16.6. The van der Waals surface area contributed by atoms with Gasteiger partial charge in [0.1, 0.15) is 5.82 Å². The molecule has 1 heterocycles. The van der Waals surface area contributed by atoms with Crippen LogP contribution in [0.25, 0.3) is 0 Å². The van der Waals surface area contributed by atoms with Crippen molar-refractivity contribution in [2.45, 2.75) is 161 Å². The first kappa shape index (κ1) is 29.0. The Kier molecular flexibility index (Phi) is 19.7. The highest BCUT2D eigenvalue weighted by atomic mass is 14.8. The van der Waals surface area contributed by atoms with E-state index in [1.54, 1.807) is 0 Å². The fourth-order valence-corrected chi connectivity index (χ4v) is 4.95. The molecule has 2 heteroatoms. The van der Waals surface area contributed by atoms with Gasteiger partial charge in [0.15, 0.2) is 0 Å². The number of pyridine rings is 1. The Balaban J connectivity index is 2.17. The zero-order valence-corrected chi connectivity index (χ0v) is 21.9. The lowest BCUT2D eigenvalue weighted by molar-refractivity contribution is 0.481. The number of rotatable bonds is 23. The smallest absolute Gasteiger partial charge is 0.123 e. The first-order valence-corrected chi connectivity index (χ1v) is 14.5. The van der Waals surface area contributed by atoms with Crippen LogP contribution in [0.5, 0.6) is 0 Å². The summed E-state index contributed by atoms with van der Waals surface area (Å²) in [4.78, 5) is 4.21. The van der Waals surface area contributed by atoms with Crippen LogP contribution >= 0.6 is 0 Å². The van der Waals surface area contributed by atoms with Gasteiger partial charge < -0.3 is 5.73 Å². The molecule has 0 aromatic carbocycles. The van der Waals surface area contributed by atoms with Gasteiger partial charge in [0, 0.05) is 6.20 Å². The maximum absolute atomic E-state index is 5.99. The van der Waals surface area contributed by atoms with Crippen LogP contribution in [0.3, 0.4) is 0 Å². The molecular formula is C30H56N2. The molecule has 32 heavy (non-hydrogen) atoms. The van der Waals surface area contributed by atoms with Crippen molar-refractivity contribution in [3.05, 3.63) is 23.9 Å². The van der Waals surface area contributed by atoms with Crippen LogP contribution in [-0.4, -0.2) is 4.98 Å². The Labute approximate surface area is 201 Å². The van der Waals surface area contributed by atoms with Crippen LogP contribution in [0.1, 0.15) is 167 Å². The normalized spacial score (nSPS) is 11.5. The molecule has 0 atom stereocenters. The number of nitrogens with zero attached hydrogens (tertiary/aromatic N) is 1. The molecule has 1 rings (SSSR count). The fourth-order valence-electron chi connectivity index (χ4n) is 4.95. The highest BCUT2D eigenvalue weighted by Gasteiger charge is 2.12. The Hall–Kier alpha value is -1.05. The van der Waals surface area contributed by atoms with Crippen molar-refractivity contribution in [2.24, 2.45) is 0 Å². The Morgan fingerprint density at radius 2 is 0.969 bits per heavy atom. The molecule has 0 saturated carbocycles. The second-order valence-electron chi connectivity index (χ2n) is 10.2. The van der Waals surface area contributed by atoms with Crippen LogP contribution in [0.2, 0.25) is 0 Å². The van der Waals surface area contributed by atoms with Gasteiger partial charge in [0.25, 0.3) is 0 Å². The Morgan fingerprint density at radius 1 is 0.594 bits per heavy atom. The second kappa shape index (κ2) is 21.8. The number of anilines is 1. The monoisotopic (exact) mass is 444 g/mol. The highest BCUT2D eigenvalue weighted by Crippen LogP contribution is 2.29. The van der Waals surface area contributed by atoms with Crippen LogP contribution < -0.4 is 5.73 Å². The molecule has 0 unspecified atom stereocenters. The lowest BCUT2D eigenvalue weighted by Crippen LogP contribution is -2.02. The van der Waals surface area contributed by atoms with E-state index in [9.17, 15) is 0 Å². The van der Waals surface area contributed by atoms with Crippen LogP contribution in [-0.2, 0) is 0 Å². The number of aromatic nitrogens is 1. The van der Waals surface area contributed by atoms with Gasteiger partial charge in [-0.15, -0.1) is 0 Å². The first-order valence-electron chi connectivity index (χ1n) is 14.5. The number of unbranched alkanes of at least 4 members (excludes halogenated alkanes) is 18. The van der Waals surface area contributed by atoms with Crippen LogP contribution in [0, 0.1) is 0 Å². The molecule has 186 valence electrons. The Morgan fingerprint density at radius 3 is 1.34 bits per heavy atom. The minimum atomic E-state index is 0.670. The van der Waals surface area contributed by atoms with E-state index in [4.69, 9.17) is 5.73 Å². The van der Waals surface area contributed by atoms with E-state index in [1.165, 1.54) is 147 Å². The fraction of sp³-hybridized carbons (Fsp3) is 0.833. The summed E-state index contributed by atoms with van der Waals surface area (Å²) in [6, 6.07) is 4.32. The molecule has 0 aliphatic heterocycles. The SMILES string of the molecule is CCCCCCCCCCCCC(CCCCCCCCCCCC)c1ccnc(N)c1. The van der Waals surface area contributed by atoms with E-state index in [0.29, 0.717) is 11.7 Å². The molecule has 0 aliphatic carbocycles. The first-order chi connectivity index (χ1) is 15.8. The molecule has 0 fully saturated rings. The van der Waals surface area contributed by atoms with Crippen molar-refractivity contribution in [1.82, 2.24) is 4.98 Å². The van der Waals surface area contributed by atoms with E-state index in [1.807, 2.05) is 6.20 Å². The summed E-state index contributed by atoms with van der Waals surface area (Å²) in [6.45, 7) is 4.59. The Bertz CT molecular complexity index is 489. The van der Waals surface area contributed by atoms with Gasteiger partial charge in [-0.05, 0) is 36.5 Å². The molecule has 0 saturated heterocycles. The van der Waals surface area contributed by atoms with Gasteiger partial charge in [-0.25, -0.2) is 4.98 Å². The second-order valence-corrected chi connectivity index (χ2v) is 10.2. The van der Waals surface area contributed by atoms with Crippen LogP contribution in [0.4, 0.5) is 5.82 Å². The van der Waals surface area contributed by atoms with E-state index in [-0.39, 0.29) is 0 Å².